The first kappa shape index (κ1) is 33.5. The second kappa shape index (κ2) is 13.8. The SMILES string of the molecule is COC(=O)N[C@H]1CC[C@H]2CC[C@@H](c3ncc(-c4ccc(-c5ccc(-c6cnc([C@@H]7CC[C@@H]8CC[C@H](NC(=O)OC)C(=O)N87)[nH]6)cc5)cc4)[nH]3)N2C1=O. The molecule has 0 spiro atoms. The van der Waals surface area contributed by atoms with Gasteiger partial charge >= 0.3 is 12.2 Å². The minimum Gasteiger partial charge on any atom is -0.453 e. The van der Waals surface area contributed by atoms with E-state index in [-0.39, 0.29) is 36.0 Å². The van der Waals surface area contributed by atoms with E-state index in [0.29, 0.717) is 12.8 Å². The number of nitrogens with one attached hydrogen (secondary N) is 4. The van der Waals surface area contributed by atoms with Gasteiger partial charge in [0, 0.05) is 12.1 Å². The molecule has 4 aliphatic heterocycles. The summed E-state index contributed by atoms with van der Waals surface area (Å²) in [5.74, 6) is 1.33. The average molecular weight is 707 g/mol. The molecule has 6 atom stereocenters. The molecule has 14 nitrogen and oxygen atoms in total. The van der Waals surface area contributed by atoms with Crippen molar-refractivity contribution in [1.82, 2.24) is 40.4 Å². The minimum atomic E-state index is -0.596. The summed E-state index contributed by atoms with van der Waals surface area (Å²) in [7, 11) is 2.59. The highest BCUT2D eigenvalue weighted by molar-refractivity contribution is 5.88. The maximum Gasteiger partial charge on any atom is 0.407 e. The van der Waals surface area contributed by atoms with Crippen molar-refractivity contribution < 1.29 is 28.7 Å². The van der Waals surface area contributed by atoms with Crippen LogP contribution in [0.1, 0.15) is 75.1 Å². The summed E-state index contributed by atoms with van der Waals surface area (Å²) in [6.07, 6.45) is 8.76. The number of aromatic nitrogens is 4. The fourth-order valence-corrected chi connectivity index (χ4v) is 8.52. The van der Waals surface area contributed by atoms with E-state index < -0.39 is 24.3 Å². The van der Waals surface area contributed by atoms with Crippen LogP contribution >= 0.6 is 0 Å². The van der Waals surface area contributed by atoms with Crippen molar-refractivity contribution in [3.8, 4) is 33.6 Å². The number of carbonyl (C=O) groups excluding carboxylic acids is 4. The predicted molar refractivity (Wildman–Crippen MR) is 189 cm³/mol. The lowest BCUT2D eigenvalue weighted by atomic mass is 9.98. The van der Waals surface area contributed by atoms with Crippen LogP contribution in [0.15, 0.2) is 60.9 Å². The lowest BCUT2D eigenvalue weighted by molar-refractivity contribution is -0.140. The maximum atomic E-state index is 13.3. The van der Waals surface area contributed by atoms with E-state index in [9.17, 15) is 19.2 Å². The first-order valence-electron chi connectivity index (χ1n) is 18.0. The van der Waals surface area contributed by atoms with Crippen LogP contribution in [-0.4, -0.2) is 92.1 Å². The zero-order valence-corrected chi connectivity index (χ0v) is 29.1. The molecule has 8 rings (SSSR count). The Morgan fingerprint density at radius 1 is 0.596 bits per heavy atom. The zero-order chi connectivity index (χ0) is 35.9. The van der Waals surface area contributed by atoms with Gasteiger partial charge in [-0.25, -0.2) is 19.6 Å². The number of amides is 4. The Balaban J connectivity index is 0.921. The van der Waals surface area contributed by atoms with Crippen molar-refractivity contribution >= 4 is 24.0 Å². The highest BCUT2D eigenvalue weighted by Crippen LogP contribution is 2.42. The van der Waals surface area contributed by atoms with Gasteiger partial charge in [-0.3, -0.25) is 9.59 Å². The van der Waals surface area contributed by atoms with E-state index in [2.05, 4.69) is 79.1 Å². The van der Waals surface area contributed by atoms with Gasteiger partial charge in [-0.2, -0.15) is 0 Å². The standard InChI is InChI=1S/C38H42N8O6/c1-51-37(49)43-27-15-11-25-13-17-31(45(25)35(27)47)33-39-19-29(41-33)23-7-3-21(4-8-23)22-5-9-24(10-6-22)30-20-40-34(42-30)32-18-14-26-12-16-28(36(48)46(26)32)44-38(50)52-2/h3-10,19-20,25-28,31-32H,11-18H2,1-2H3,(H,39,41)(H,40,42)(H,43,49)(H,44,50)/t25-,26-,27-,28-,31-,32-/m0/s1. The molecule has 4 aliphatic rings. The molecule has 2 aromatic carbocycles. The molecule has 4 N–H and O–H groups in total. The fraction of sp³-hybridized carbons (Fsp3) is 0.421. The number of aromatic amines is 2. The molecule has 0 saturated carbocycles. The van der Waals surface area contributed by atoms with Gasteiger partial charge in [-0.1, -0.05) is 48.5 Å². The lowest BCUT2D eigenvalue weighted by Crippen LogP contribution is -2.54. The van der Waals surface area contributed by atoms with E-state index in [1.165, 1.54) is 14.2 Å². The van der Waals surface area contributed by atoms with E-state index in [1.54, 1.807) is 0 Å². The van der Waals surface area contributed by atoms with Gasteiger partial charge in [-0.15, -0.1) is 0 Å². The van der Waals surface area contributed by atoms with Crippen molar-refractivity contribution in [1.29, 1.82) is 0 Å². The van der Waals surface area contributed by atoms with Crippen LogP contribution in [0.2, 0.25) is 0 Å². The highest BCUT2D eigenvalue weighted by atomic mass is 16.5. The van der Waals surface area contributed by atoms with Gasteiger partial charge in [0.1, 0.15) is 23.7 Å². The van der Waals surface area contributed by atoms with E-state index in [1.807, 2.05) is 22.2 Å². The average Bonchev–Trinajstić information content (AvgIpc) is 4.00. The van der Waals surface area contributed by atoms with Crippen LogP contribution < -0.4 is 10.6 Å². The third-order valence-corrected chi connectivity index (χ3v) is 11.2. The number of carbonyl (C=O) groups is 4. The smallest absolute Gasteiger partial charge is 0.407 e. The van der Waals surface area contributed by atoms with Gasteiger partial charge in [-0.05, 0) is 73.6 Å². The minimum absolute atomic E-state index is 0.0872. The van der Waals surface area contributed by atoms with Crippen molar-refractivity contribution in [3.05, 3.63) is 72.6 Å². The van der Waals surface area contributed by atoms with Crippen LogP contribution in [0.3, 0.4) is 0 Å². The molecule has 0 unspecified atom stereocenters. The Bertz CT molecular complexity index is 1830. The Labute approximate surface area is 300 Å². The normalized spacial score (nSPS) is 25.4. The van der Waals surface area contributed by atoms with Gasteiger partial charge in [0.2, 0.25) is 11.8 Å². The van der Waals surface area contributed by atoms with Crippen LogP contribution in [0.25, 0.3) is 33.6 Å². The number of hydrogen-bond acceptors (Lipinski definition) is 8. The molecule has 0 bridgehead atoms. The second-order valence-corrected chi connectivity index (χ2v) is 14.0. The highest BCUT2D eigenvalue weighted by Gasteiger charge is 2.46. The largest absolute Gasteiger partial charge is 0.453 e. The van der Waals surface area contributed by atoms with Gasteiger partial charge in [0.05, 0.1) is 50.1 Å². The molecule has 52 heavy (non-hydrogen) atoms. The summed E-state index contributed by atoms with van der Waals surface area (Å²) in [5, 5.41) is 5.36. The Morgan fingerprint density at radius 2 is 0.962 bits per heavy atom. The summed E-state index contributed by atoms with van der Waals surface area (Å²) in [4.78, 5) is 70.3. The number of nitrogens with zero attached hydrogens (tertiary/aromatic N) is 4. The number of alkyl carbamates (subject to hydrolysis) is 2. The first-order valence-corrected chi connectivity index (χ1v) is 18.0. The summed E-state index contributed by atoms with van der Waals surface area (Å²) in [5.41, 5.74) is 5.86. The number of piperidine rings is 2. The van der Waals surface area contributed by atoms with Crippen molar-refractivity contribution in [2.24, 2.45) is 0 Å². The predicted octanol–water partition coefficient (Wildman–Crippen LogP) is 5.23. The molecule has 14 heteroatoms. The van der Waals surface area contributed by atoms with Crippen molar-refractivity contribution in [2.45, 2.75) is 87.6 Å². The van der Waals surface area contributed by atoms with Crippen LogP contribution in [0, 0.1) is 0 Å². The third-order valence-electron chi connectivity index (χ3n) is 11.2. The fourth-order valence-electron chi connectivity index (χ4n) is 8.52. The lowest BCUT2D eigenvalue weighted by Gasteiger charge is -2.37. The third kappa shape index (κ3) is 6.15. The van der Waals surface area contributed by atoms with Crippen LogP contribution in [0.4, 0.5) is 9.59 Å². The molecule has 4 aromatic rings. The molecule has 4 amide bonds. The molecule has 270 valence electrons. The number of rotatable bonds is 7. The maximum absolute atomic E-state index is 13.3. The molecule has 2 aromatic heterocycles. The summed E-state index contributed by atoms with van der Waals surface area (Å²) in [6, 6.07) is 15.3. The number of fused-ring (bicyclic) bond motifs is 2. The summed E-state index contributed by atoms with van der Waals surface area (Å²) in [6.45, 7) is 0. The molecule has 4 fully saturated rings. The zero-order valence-electron chi connectivity index (χ0n) is 29.1. The molecule has 6 heterocycles. The Kier molecular flexibility index (Phi) is 8.89. The number of ether oxygens (including phenoxy) is 2. The topological polar surface area (TPSA) is 175 Å². The summed E-state index contributed by atoms with van der Waals surface area (Å²) >= 11 is 0. The van der Waals surface area contributed by atoms with Gasteiger partial charge in [0.25, 0.3) is 0 Å². The Hall–Kier alpha value is -5.66. The number of methoxy groups -OCH3 is 2. The molecular weight excluding hydrogens is 664 g/mol. The molecular formula is C38H42N8O6. The molecule has 0 aliphatic carbocycles. The molecule has 4 saturated heterocycles. The van der Waals surface area contributed by atoms with Crippen molar-refractivity contribution in [3.63, 3.8) is 0 Å². The van der Waals surface area contributed by atoms with E-state index >= 15 is 0 Å². The first-order chi connectivity index (χ1) is 25.3. The van der Waals surface area contributed by atoms with Crippen LogP contribution in [0.5, 0.6) is 0 Å². The number of imidazole rings is 2. The Morgan fingerprint density at radius 3 is 1.35 bits per heavy atom. The second-order valence-electron chi connectivity index (χ2n) is 14.0. The number of H-pyrrole nitrogens is 2. The number of hydrogen-bond donors (Lipinski definition) is 4. The van der Waals surface area contributed by atoms with Gasteiger partial charge < -0.3 is 39.9 Å². The quantitative estimate of drug-likeness (QED) is 0.202. The van der Waals surface area contributed by atoms with Gasteiger partial charge in [0.15, 0.2) is 0 Å². The molecule has 0 radical (unpaired) electrons. The van der Waals surface area contributed by atoms with E-state index in [4.69, 9.17) is 9.47 Å². The number of benzene rings is 2. The van der Waals surface area contributed by atoms with Crippen LogP contribution in [-0.2, 0) is 19.1 Å². The monoisotopic (exact) mass is 706 g/mol. The summed E-state index contributed by atoms with van der Waals surface area (Å²) < 4.78 is 9.44. The van der Waals surface area contributed by atoms with E-state index in [0.717, 1.165) is 83.8 Å². The van der Waals surface area contributed by atoms with Crippen molar-refractivity contribution in [2.75, 3.05) is 14.2 Å².